The molecule has 0 aliphatic heterocycles. The van der Waals surface area contributed by atoms with E-state index in [0.29, 0.717) is 0 Å². The monoisotopic (exact) mass is 140 g/mol. The van der Waals surface area contributed by atoms with Crippen LogP contribution in [-0.4, -0.2) is 13.1 Å². The van der Waals surface area contributed by atoms with Gasteiger partial charge in [-0.3, -0.25) is 0 Å². The van der Waals surface area contributed by atoms with Gasteiger partial charge < -0.3 is 6.22 Å². The molecular weight excluding hydrogens is 123 g/mol. The molecule has 1 nitrogen and oxygen atoms in total. The molecular formula is C6H17LiOSi. The van der Waals surface area contributed by atoms with Crippen molar-refractivity contribution in [3.8, 4) is 0 Å². The van der Waals surface area contributed by atoms with Gasteiger partial charge in [0, 0.05) is 0 Å². The van der Waals surface area contributed by atoms with Gasteiger partial charge in [-0.05, 0) is 18.1 Å². The quantitative estimate of drug-likeness (QED) is 0.504. The zero-order valence-electron chi connectivity index (χ0n) is 8.07. The van der Waals surface area contributed by atoms with Gasteiger partial charge in [-0.25, -0.2) is 0 Å². The summed E-state index contributed by atoms with van der Waals surface area (Å²) in [5, 5.41) is 0. The summed E-state index contributed by atoms with van der Waals surface area (Å²) in [6.07, 6.45) is 0. The van der Waals surface area contributed by atoms with Crippen LogP contribution in [0.1, 0.15) is 22.2 Å². The summed E-state index contributed by atoms with van der Waals surface area (Å²) in [6, 6.07) is 3.04. The smallest absolute Gasteiger partial charge is 1.00 e. The molecule has 0 aliphatic rings. The minimum absolute atomic E-state index is 0. The van der Waals surface area contributed by atoms with E-state index in [1.54, 1.807) is 0 Å². The second-order valence-electron chi connectivity index (χ2n) is 2.29. The van der Waals surface area contributed by atoms with E-state index in [9.17, 15) is 4.80 Å². The maximum Gasteiger partial charge on any atom is 1.00 e. The number of hydrogen-bond donors (Lipinski definition) is 1. The Morgan fingerprint density at radius 2 is 1.33 bits per heavy atom. The topological polar surface area (TPSA) is 20.2 Å². The third-order valence-electron chi connectivity index (χ3n) is 1.97. The van der Waals surface area contributed by atoms with Crippen LogP contribution in [0.25, 0.3) is 0 Å². The van der Waals surface area contributed by atoms with Crippen LogP contribution in [-0.2, 0) is 0 Å². The van der Waals surface area contributed by atoms with Gasteiger partial charge in [0.1, 0.15) is 0 Å². The SMILES string of the molecule is CC[Si](O)(CC)CC.[H-].[Li+]. The van der Waals surface area contributed by atoms with E-state index in [1.165, 1.54) is 0 Å². The molecule has 0 atom stereocenters. The molecule has 0 rings (SSSR count). The van der Waals surface area contributed by atoms with Crippen LogP contribution in [0.5, 0.6) is 0 Å². The summed E-state index contributed by atoms with van der Waals surface area (Å²) < 4.78 is 0. The van der Waals surface area contributed by atoms with Crippen molar-refractivity contribution < 1.29 is 25.1 Å². The number of hydrogen-bond acceptors (Lipinski definition) is 1. The van der Waals surface area contributed by atoms with Crippen molar-refractivity contribution in [2.45, 2.75) is 38.9 Å². The van der Waals surface area contributed by atoms with Crippen molar-refractivity contribution in [3.63, 3.8) is 0 Å². The first kappa shape index (κ1) is 12.5. The predicted octanol–water partition coefficient (Wildman–Crippen LogP) is -0.900. The van der Waals surface area contributed by atoms with Crippen LogP contribution in [0.3, 0.4) is 0 Å². The molecule has 0 amide bonds. The molecule has 3 heteroatoms. The Balaban J connectivity index is -0.000000245. The third-order valence-corrected chi connectivity index (χ3v) is 5.92. The first-order valence-corrected chi connectivity index (χ1v) is 5.97. The average molecular weight is 140 g/mol. The van der Waals surface area contributed by atoms with E-state index >= 15 is 0 Å². The van der Waals surface area contributed by atoms with Gasteiger partial charge in [0.05, 0.1) is 0 Å². The Morgan fingerprint density at radius 3 is 1.33 bits per heavy atom. The van der Waals surface area contributed by atoms with Crippen molar-refractivity contribution in [2.75, 3.05) is 0 Å². The average Bonchev–Trinajstić information content (AvgIpc) is 1.87. The number of rotatable bonds is 3. The van der Waals surface area contributed by atoms with Crippen molar-refractivity contribution in [2.24, 2.45) is 0 Å². The maximum absolute atomic E-state index is 9.58. The first-order valence-electron chi connectivity index (χ1n) is 3.41. The van der Waals surface area contributed by atoms with E-state index in [4.69, 9.17) is 0 Å². The van der Waals surface area contributed by atoms with E-state index in [2.05, 4.69) is 20.8 Å². The molecule has 0 bridgehead atoms. The van der Waals surface area contributed by atoms with Crippen LogP contribution < -0.4 is 18.9 Å². The Kier molecular flexibility index (Phi) is 7.68. The molecule has 0 aromatic carbocycles. The summed E-state index contributed by atoms with van der Waals surface area (Å²) in [4.78, 5) is 9.58. The van der Waals surface area contributed by atoms with E-state index in [-0.39, 0.29) is 20.3 Å². The molecule has 0 fully saturated rings. The molecule has 52 valence electrons. The van der Waals surface area contributed by atoms with Crippen molar-refractivity contribution in [1.29, 1.82) is 0 Å². The molecule has 0 aromatic heterocycles. The molecule has 0 saturated heterocycles. The second-order valence-corrected chi connectivity index (χ2v) is 6.86. The van der Waals surface area contributed by atoms with E-state index in [1.807, 2.05) is 0 Å². The third kappa shape index (κ3) is 4.21. The standard InChI is InChI=1S/C6H16OSi.Li.H/c1-4-8(7,5-2)6-3;;/h7H,4-6H2,1-3H3;;/q;+1;-1. The predicted molar refractivity (Wildman–Crippen MR) is 40.5 cm³/mol. The zero-order valence-corrected chi connectivity index (χ0v) is 8.07. The van der Waals surface area contributed by atoms with E-state index < -0.39 is 8.32 Å². The fraction of sp³-hybridized carbons (Fsp3) is 1.00. The van der Waals surface area contributed by atoms with E-state index in [0.717, 1.165) is 18.1 Å². The van der Waals surface area contributed by atoms with Crippen LogP contribution in [0, 0.1) is 0 Å². The molecule has 0 aliphatic carbocycles. The van der Waals surface area contributed by atoms with Crippen LogP contribution in [0.4, 0.5) is 0 Å². The minimum Gasteiger partial charge on any atom is -1.00 e. The van der Waals surface area contributed by atoms with Gasteiger partial charge in [0.2, 0.25) is 0 Å². The normalized spacial score (nSPS) is 10.7. The van der Waals surface area contributed by atoms with Crippen molar-refractivity contribution in [3.05, 3.63) is 0 Å². The van der Waals surface area contributed by atoms with Crippen LogP contribution in [0.15, 0.2) is 0 Å². The van der Waals surface area contributed by atoms with Gasteiger partial charge in [0.25, 0.3) is 0 Å². The largest absolute Gasteiger partial charge is 1.00 e. The fourth-order valence-corrected chi connectivity index (χ4v) is 2.25. The molecule has 0 radical (unpaired) electrons. The Hall–Kier alpha value is 0.774. The van der Waals surface area contributed by atoms with Gasteiger partial charge >= 0.3 is 18.9 Å². The Labute approximate surface area is 72.6 Å². The minimum atomic E-state index is -1.67. The summed E-state index contributed by atoms with van der Waals surface area (Å²) in [7, 11) is -1.67. The maximum atomic E-state index is 9.58. The molecule has 9 heavy (non-hydrogen) atoms. The van der Waals surface area contributed by atoms with Gasteiger partial charge in [-0.15, -0.1) is 0 Å². The second kappa shape index (κ2) is 5.55. The fourth-order valence-electron chi connectivity index (χ4n) is 0.750. The van der Waals surface area contributed by atoms with Gasteiger partial charge in [-0.2, -0.15) is 0 Å². The summed E-state index contributed by atoms with van der Waals surface area (Å²) in [6.45, 7) is 6.25. The molecule has 0 heterocycles. The van der Waals surface area contributed by atoms with Gasteiger partial charge in [-0.1, -0.05) is 20.8 Å². The first-order chi connectivity index (χ1) is 3.68. The molecule has 0 aromatic rings. The van der Waals surface area contributed by atoms with Crippen molar-refractivity contribution >= 4 is 8.32 Å². The summed E-state index contributed by atoms with van der Waals surface area (Å²) in [5.74, 6) is 0. The molecule has 0 saturated carbocycles. The summed E-state index contributed by atoms with van der Waals surface area (Å²) >= 11 is 0. The van der Waals surface area contributed by atoms with Crippen LogP contribution >= 0.6 is 0 Å². The van der Waals surface area contributed by atoms with Crippen molar-refractivity contribution in [1.82, 2.24) is 0 Å². The molecule has 0 spiro atoms. The zero-order chi connectivity index (χ0) is 6.62. The molecule has 0 unspecified atom stereocenters. The Morgan fingerprint density at radius 1 is 1.11 bits per heavy atom. The Bertz CT molecular complexity index is 60.5. The van der Waals surface area contributed by atoms with Crippen LogP contribution in [0.2, 0.25) is 18.1 Å². The van der Waals surface area contributed by atoms with Gasteiger partial charge in [0.15, 0.2) is 8.32 Å². The molecule has 1 N–H and O–H groups in total. The summed E-state index contributed by atoms with van der Waals surface area (Å²) in [5.41, 5.74) is 0.